The van der Waals surface area contributed by atoms with Gasteiger partial charge in [-0.25, -0.2) is 4.39 Å². The lowest BCUT2D eigenvalue weighted by molar-refractivity contribution is -0.121. The Balaban J connectivity index is 1.82. The number of hydrogen-bond acceptors (Lipinski definition) is 4. The van der Waals surface area contributed by atoms with Crippen molar-refractivity contribution in [3.05, 3.63) is 64.1 Å². The molecule has 1 aromatic heterocycles. The number of rotatable bonds is 5. The lowest BCUT2D eigenvalue weighted by atomic mass is 10.1. The first-order chi connectivity index (χ1) is 12.9. The van der Waals surface area contributed by atoms with Crippen LogP contribution in [0.3, 0.4) is 0 Å². The van der Waals surface area contributed by atoms with Crippen LogP contribution in [-0.4, -0.2) is 21.6 Å². The molecule has 2 amide bonds. The Hall–Kier alpha value is -3.44. The summed E-state index contributed by atoms with van der Waals surface area (Å²) in [5.41, 5.74) is 6.36. The first kappa shape index (κ1) is 18.4. The number of nitriles is 1. The number of fused-ring (bicyclic) bond motifs is 1. The number of carbonyl (C=O) groups is 2. The van der Waals surface area contributed by atoms with Crippen molar-refractivity contribution in [3.63, 3.8) is 0 Å². The van der Waals surface area contributed by atoms with Crippen molar-refractivity contribution in [2.24, 2.45) is 5.73 Å². The fourth-order valence-electron chi connectivity index (χ4n) is 2.62. The van der Waals surface area contributed by atoms with Crippen molar-refractivity contribution in [2.75, 3.05) is 0 Å². The van der Waals surface area contributed by atoms with E-state index in [1.165, 1.54) is 22.9 Å². The Morgan fingerprint density at radius 1 is 1.33 bits per heavy atom. The van der Waals surface area contributed by atoms with E-state index in [1.54, 1.807) is 18.2 Å². The van der Waals surface area contributed by atoms with E-state index in [4.69, 9.17) is 22.6 Å². The standard InChI is InChI=1S/C18H13ClFN5O2/c19-13-3-1-2-11(16(13)20)8-23-15(26)9-25-14-5-4-10(7-21)6-12(14)17(24-25)18(22)27/h1-6H,8-9H2,(H2,22,27)(H,23,26). The molecule has 3 N–H and O–H groups in total. The second-order valence-electron chi connectivity index (χ2n) is 5.70. The van der Waals surface area contributed by atoms with Crippen molar-refractivity contribution in [3.8, 4) is 6.07 Å². The van der Waals surface area contributed by atoms with Gasteiger partial charge in [-0.05, 0) is 24.3 Å². The van der Waals surface area contributed by atoms with E-state index in [1.807, 2.05) is 6.07 Å². The SMILES string of the molecule is N#Cc1ccc2c(c1)c(C(N)=O)nn2CC(=O)NCc1cccc(Cl)c1F. The van der Waals surface area contributed by atoms with Crippen LogP contribution in [0.1, 0.15) is 21.6 Å². The zero-order valence-corrected chi connectivity index (χ0v) is 14.6. The lowest BCUT2D eigenvalue weighted by Gasteiger charge is -2.08. The number of carbonyl (C=O) groups excluding carboxylic acids is 2. The van der Waals surface area contributed by atoms with Gasteiger partial charge in [-0.3, -0.25) is 14.3 Å². The molecular weight excluding hydrogens is 373 g/mol. The molecule has 7 nitrogen and oxygen atoms in total. The maximum Gasteiger partial charge on any atom is 0.269 e. The fraction of sp³-hybridized carbons (Fsp3) is 0.111. The first-order valence-corrected chi connectivity index (χ1v) is 8.18. The van der Waals surface area contributed by atoms with Gasteiger partial charge in [0.05, 0.1) is 22.2 Å². The summed E-state index contributed by atoms with van der Waals surface area (Å²) < 4.78 is 15.2. The molecule has 0 radical (unpaired) electrons. The molecule has 0 atom stereocenters. The molecule has 2 aromatic carbocycles. The van der Waals surface area contributed by atoms with Crippen LogP contribution in [0.2, 0.25) is 5.02 Å². The molecule has 0 fully saturated rings. The molecule has 0 saturated heterocycles. The van der Waals surface area contributed by atoms with E-state index in [9.17, 15) is 14.0 Å². The minimum atomic E-state index is -0.768. The molecule has 0 unspecified atom stereocenters. The van der Waals surface area contributed by atoms with E-state index < -0.39 is 17.6 Å². The number of nitrogens with zero attached hydrogens (tertiary/aromatic N) is 3. The number of nitrogens with two attached hydrogens (primary N) is 1. The highest BCUT2D eigenvalue weighted by molar-refractivity contribution is 6.30. The number of aromatic nitrogens is 2. The highest BCUT2D eigenvalue weighted by Crippen LogP contribution is 2.20. The van der Waals surface area contributed by atoms with Crippen LogP contribution in [0.25, 0.3) is 10.9 Å². The largest absolute Gasteiger partial charge is 0.364 e. The first-order valence-electron chi connectivity index (χ1n) is 7.80. The van der Waals surface area contributed by atoms with E-state index in [0.717, 1.165) is 0 Å². The summed E-state index contributed by atoms with van der Waals surface area (Å²) in [6.45, 7) is -0.260. The van der Waals surface area contributed by atoms with E-state index >= 15 is 0 Å². The van der Waals surface area contributed by atoms with Gasteiger partial charge in [-0.2, -0.15) is 10.4 Å². The Morgan fingerprint density at radius 3 is 2.81 bits per heavy atom. The number of halogens is 2. The average Bonchev–Trinajstić information content (AvgIpc) is 3.00. The van der Waals surface area contributed by atoms with Gasteiger partial charge in [-0.15, -0.1) is 0 Å². The molecule has 0 aliphatic carbocycles. The second kappa shape index (κ2) is 7.43. The van der Waals surface area contributed by atoms with Crippen molar-refractivity contribution in [2.45, 2.75) is 13.1 Å². The molecule has 0 bridgehead atoms. The quantitative estimate of drug-likeness (QED) is 0.700. The Bertz CT molecular complexity index is 1100. The summed E-state index contributed by atoms with van der Waals surface area (Å²) in [6, 6.07) is 11.1. The molecule has 27 heavy (non-hydrogen) atoms. The van der Waals surface area contributed by atoms with Crippen molar-refractivity contribution in [1.82, 2.24) is 15.1 Å². The van der Waals surface area contributed by atoms with Gasteiger partial charge in [0.1, 0.15) is 12.4 Å². The summed E-state index contributed by atoms with van der Waals surface area (Å²) in [6.07, 6.45) is 0. The number of benzene rings is 2. The average molecular weight is 386 g/mol. The van der Waals surface area contributed by atoms with Crippen LogP contribution in [0.4, 0.5) is 4.39 Å². The van der Waals surface area contributed by atoms with Gasteiger partial charge in [0.15, 0.2) is 5.69 Å². The predicted molar refractivity (Wildman–Crippen MR) is 96.2 cm³/mol. The molecule has 0 saturated carbocycles. The van der Waals surface area contributed by atoms with Gasteiger partial charge in [-0.1, -0.05) is 23.7 Å². The summed E-state index contributed by atoms with van der Waals surface area (Å²) in [5, 5.41) is 16.0. The second-order valence-corrected chi connectivity index (χ2v) is 6.11. The molecule has 9 heteroatoms. The van der Waals surface area contributed by atoms with Crippen LogP contribution in [0.15, 0.2) is 36.4 Å². The lowest BCUT2D eigenvalue weighted by Crippen LogP contribution is -2.28. The molecule has 0 aliphatic rings. The highest BCUT2D eigenvalue weighted by Gasteiger charge is 2.17. The van der Waals surface area contributed by atoms with Crippen LogP contribution in [0, 0.1) is 17.1 Å². The number of hydrogen-bond donors (Lipinski definition) is 2. The van der Waals surface area contributed by atoms with E-state index in [0.29, 0.717) is 16.5 Å². The summed E-state index contributed by atoms with van der Waals surface area (Å²) in [7, 11) is 0. The van der Waals surface area contributed by atoms with Crippen LogP contribution in [-0.2, 0) is 17.9 Å². The highest BCUT2D eigenvalue weighted by atomic mass is 35.5. The maximum atomic E-state index is 13.9. The van der Waals surface area contributed by atoms with Gasteiger partial charge in [0.25, 0.3) is 5.91 Å². The topological polar surface area (TPSA) is 114 Å². The predicted octanol–water partition coefficient (Wildman–Crippen LogP) is 2.12. The van der Waals surface area contributed by atoms with Crippen molar-refractivity contribution < 1.29 is 14.0 Å². The Morgan fingerprint density at radius 2 is 2.11 bits per heavy atom. The zero-order valence-electron chi connectivity index (χ0n) is 13.9. The molecule has 0 aliphatic heterocycles. The normalized spacial score (nSPS) is 10.6. The monoisotopic (exact) mass is 385 g/mol. The van der Waals surface area contributed by atoms with E-state index in [2.05, 4.69) is 10.4 Å². The van der Waals surface area contributed by atoms with Gasteiger partial charge in [0.2, 0.25) is 5.91 Å². The minimum Gasteiger partial charge on any atom is -0.364 e. The number of primary amides is 1. The molecular formula is C18H13ClFN5O2. The third-order valence-corrected chi connectivity index (χ3v) is 4.21. The smallest absolute Gasteiger partial charge is 0.269 e. The molecule has 136 valence electrons. The summed E-state index contributed by atoms with van der Waals surface area (Å²) >= 11 is 5.71. The Labute approximate surface area is 158 Å². The fourth-order valence-corrected chi connectivity index (χ4v) is 2.82. The maximum absolute atomic E-state index is 13.9. The molecule has 3 aromatic rings. The third-order valence-electron chi connectivity index (χ3n) is 3.91. The molecule has 0 spiro atoms. The van der Waals surface area contributed by atoms with Crippen LogP contribution in [0.5, 0.6) is 0 Å². The number of amides is 2. The van der Waals surface area contributed by atoms with Crippen molar-refractivity contribution >= 4 is 34.3 Å². The van der Waals surface area contributed by atoms with Gasteiger partial charge >= 0.3 is 0 Å². The van der Waals surface area contributed by atoms with Crippen LogP contribution < -0.4 is 11.1 Å². The van der Waals surface area contributed by atoms with E-state index in [-0.39, 0.29) is 29.4 Å². The summed E-state index contributed by atoms with van der Waals surface area (Å²) in [4.78, 5) is 23.8. The third kappa shape index (κ3) is 3.73. The zero-order chi connectivity index (χ0) is 19.6. The minimum absolute atomic E-state index is 0.0285. The van der Waals surface area contributed by atoms with Crippen molar-refractivity contribution in [1.29, 1.82) is 5.26 Å². The summed E-state index contributed by atoms with van der Waals surface area (Å²) in [5.74, 6) is -1.81. The molecule has 3 rings (SSSR count). The Kier molecular flexibility index (Phi) is 5.05. The molecule has 1 heterocycles. The van der Waals surface area contributed by atoms with Crippen LogP contribution >= 0.6 is 11.6 Å². The number of nitrogens with one attached hydrogen (secondary N) is 1. The van der Waals surface area contributed by atoms with Gasteiger partial charge < -0.3 is 11.1 Å². The van der Waals surface area contributed by atoms with Gasteiger partial charge in [0, 0.05) is 17.5 Å².